The summed E-state index contributed by atoms with van der Waals surface area (Å²) >= 11 is 5.86. The standard InChI is InChI=1S/C16H20ClNO3/c1-11(21-16(20)12-6-3-2-4-7-12)15(19)18-14-9-5-8-13(17)10-14/h5,8-12H,2-4,6-7H2,1H3,(H,18,19)/t11-/m1/s1. The predicted octanol–water partition coefficient (Wildman–Crippen LogP) is 3.79. The van der Waals surface area contributed by atoms with Gasteiger partial charge in [-0.25, -0.2) is 0 Å². The van der Waals surface area contributed by atoms with Gasteiger partial charge in [-0.05, 0) is 38.0 Å². The van der Waals surface area contributed by atoms with Gasteiger partial charge >= 0.3 is 5.97 Å². The van der Waals surface area contributed by atoms with E-state index in [1.54, 1.807) is 31.2 Å². The molecule has 1 saturated carbocycles. The van der Waals surface area contributed by atoms with E-state index in [1.807, 2.05) is 0 Å². The molecular weight excluding hydrogens is 290 g/mol. The van der Waals surface area contributed by atoms with Gasteiger partial charge in [0.2, 0.25) is 0 Å². The summed E-state index contributed by atoms with van der Waals surface area (Å²) in [6.07, 6.45) is 4.21. The smallest absolute Gasteiger partial charge is 0.309 e. The summed E-state index contributed by atoms with van der Waals surface area (Å²) in [6.45, 7) is 1.58. The molecule has 1 atom stereocenters. The number of benzene rings is 1. The van der Waals surface area contributed by atoms with E-state index < -0.39 is 6.10 Å². The first-order valence-electron chi connectivity index (χ1n) is 7.33. The molecule has 2 rings (SSSR count). The number of halogens is 1. The number of rotatable bonds is 4. The minimum atomic E-state index is -0.807. The molecule has 5 heteroatoms. The molecule has 0 unspecified atom stereocenters. The van der Waals surface area contributed by atoms with Crippen molar-refractivity contribution < 1.29 is 14.3 Å². The second-order valence-corrected chi connectivity index (χ2v) is 5.85. The molecular formula is C16H20ClNO3. The average Bonchev–Trinajstić information content (AvgIpc) is 2.48. The number of nitrogens with one attached hydrogen (secondary N) is 1. The van der Waals surface area contributed by atoms with Crippen LogP contribution in [0.15, 0.2) is 24.3 Å². The van der Waals surface area contributed by atoms with Crippen LogP contribution in [0.2, 0.25) is 5.02 Å². The van der Waals surface area contributed by atoms with Gasteiger partial charge in [-0.15, -0.1) is 0 Å². The quantitative estimate of drug-likeness (QED) is 0.861. The molecule has 1 N–H and O–H groups in total. The molecule has 21 heavy (non-hydrogen) atoms. The number of ether oxygens (including phenoxy) is 1. The van der Waals surface area contributed by atoms with Crippen molar-refractivity contribution in [2.75, 3.05) is 5.32 Å². The molecule has 1 aromatic carbocycles. The number of hydrogen-bond acceptors (Lipinski definition) is 3. The highest BCUT2D eigenvalue weighted by Crippen LogP contribution is 2.25. The SMILES string of the molecule is C[C@@H](OC(=O)C1CCCCC1)C(=O)Nc1cccc(Cl)c1. The van der Waals surface area contributed by atoms with Gasteiger partial charge in [0.25, 0.3) is 5.91 Å². The lowest BCUT2D eigenvalue weighted by molar-refractivity contribution is -0.158. The summed E-state index contributed by atoms with van der Waals surface area (Å²) in [5.41, 5.74) is 0.591. The molecule has 0 aliphatic heterocycles. The van der Waals surface area contributed by atoms with Gasteiger partial charge < -0.3 is 10.1 Å². The van der Waals surface area contributed by atoms with Crippen LogP contribution in [0.1, 0.15) is 39.0 Å². The van der Waals surface area contributed by atoms with Crippen LogP contribution in [0.5, 0.6) is 0 Å². The first kappa shape index (κ1) is 15.8. The maximum absolute atomic E-state index is 12.0. The van der Waals surface area contributed by atoms with Gasteiger partial charge in [0.05, 0.1) is 5.92 Å². The maximum Gasteiger partial charge on any atom is 0.309 e. The summed E-state index contributed by atoms with van der Waals surface area (Å²) in [7, 11) is 0. The summed E-state index contributed by atoms with van der Waals surface area (Å²) in [6, 6.07) is 6.86. The van der Waals surface area contributed by atoms with Gasteiger partial charge in [-0.2, -0.15) is 0 Å². The molecule has 1 aliphatic carbocycles. The molecule has 0 heterocycles. The van der Waals surface area contributed by atoms with Gasteiger partial charge in [0.15, 0.2) is 6.10 Å². The third-order valence-corrected chi connectivity index (χ3v) is 3.93. The van der Waals surface area contributed by atoms with E-state index in [9.17, 15) is 9.59 Å². The number of hydrogen-bond donors (Lipinski definition) is 1. The first-order valence-corrected chi connectivity index (χ1v) is 7.71. The van der Waals surface area contributed by atoms with Crippen LogP contribution in [0.25, 0.3) is 0 Å². The van der Waals surface area contributed by atoms with Crippen LogP contribution < -0.4 is 5.32 Å². The summed E-state index contributed by atoms with van der Waals surface area (Å²) < 4.78 is 5.27. The van der Waals surface area contributed by atoms with E-state index in [1.165, 1.54) is 6.42 Å². The molecule has 0 spiro atoms. The molecule has 114 valence electrons. The Bertz CT molecular complexity index is 512. The van der Waals surface area contributed by atoms with Crippen LogP contribution >= 0.6 is 11.6 Å². The zero-order valence-electron chi connectivity index (χ0n) is 12.1. The Hall–Kier alpha value is -1.55. The first-order chi connectivity index (χ1) is 10.1. The summed E-state index contributed by atoms with van der Waals surface area (Å²) in [5.74, 6) is -0.662. The van der Waals surface area contributed by atoms with E-state index in [-0.39, 0.29) is 17.8 Å². The molecule has 0 radical (unpaired) electrons. The van der Waals surface area contributed by atoms with E-state index in [0.29, 0.717) is 10.7 Å². The minimum absolute atomic E-state index is 0.0554. The zero-order chi connectivity index (χ0) is 15.2. The number of esters is 1. The Kier molecular flexibility index (Phi) is 5.62. The maximum atomic E-state index is 12.0. The highest BCUT2D eigenvalue weighted by Gasteiger charge is 2.26. The van der Waals surface area contributed by atoms with Crippen LogP contribution in [-0.2, 0) is 14.3 Å². The lowest BCUT2D eigenvalue weighted by Crippen LogP contribution is -2.32. The number of amides is 1. The van der Waals surface area contributed by atoms with Crippen LogP contribution in [-0.4, -0.2) is 18.0 Å². The van der Waals surface area contributed by atoms with Gasteiger partial charge in [0.1, 0.15) is 0 Å². The molecule has 0 bridgehead atoms. The second-order valence-electron chi connectivity index (χ2n) is 5.41. The van der Waals surface area contributed by atoms with Gasteiger partial charge in [-0.1, -0.05) is 36.9 Å². The highest BCUT2D eigenvalue weighted by atomic mass is 35.5. The van der Waals surface area contributed by atoms with Crippen molar-refractivity contribution in [2.45, 2.75) is 45.1 Å². The average molecular weight is 310 g/mol. The van der Waals surface area contributed by atoms with E-state index >= 15 is 0 Å². The Morgan fingerprint density at radius 1 is 1.29 bits per heavy atom. The molecule has 1 aliphatic rings. The van der Waals surface area contributed by atoms with Crippen molar-refractivity contribution >= 4 is 29.2 Å². The van der Waals surface area contributed by atoms with E-state index in [2.05, 4.69) is 5.32 Å². The monoisotopic (exact) mass is 309 g/mol. The molecule has 4 nitrogen and oxygen atoms in total. The van der Waals surface area contributed by atoms with Crippen LogP contribution in [0.3, 0.4) is 0 Å². The van der Waals surface area contributed by atoms with Crippen molar-refractivity contribution in [3.8, 4) is 0 Å². The fraction of sp³-hybridized carbons (Fsp3) is 0.500. The number of carbonyl (C=O) groups excluding carboxylic acids is 2. The Morgan fingerprint density at radius 3 is 2.67 bits per heavy atom. The molecule has 0 saturated heterocycles. The fourth-order valence-corrected chi connectivity index (χ4v) is 2.66. The normalized spacial score (nSPS) is 17.0. The van der Waals surface area contributed by atoms with Crippen molar-refractivity contribution in [2.24, 2.45) is 5.92 Å². The summed E-state index contributed by atoms with van der Waals surface area (Å²) in [4.78, 5) is 24.0. The molecule has 1 fully saturated rings. The third kappa shape index (κ3) is 4.74. The second kappa shape index (κ2) is 7.46. The van der Waals surface area contributed by atoms with Crippen molar-refractivity contribution in [1.82, 2.24) is 0 Å². The van der Waals surface area contributed by atoms with Crippen LogP contribution in [0, 0.1) is 5.92 Å². The number of carbonyl (C=O) groups is 2. The Morgan fingerprint density at radius 2 is 2.00 bits per heavy atom. The number of anilines is 1. The third-order valence-electron chi connectivity index (χ3n) is 3.69. The van der Waals surface area contributed by atoms with Gasteiger partial charge in [-0.3, -0.25) is 9.59 Å². The lowest BCUT2D eigenvalue weighted by Gasteiger charge is -2.22. The van der Waals surface area contributed by atoms with Crippen LogP contribution in [0.4, 0.5) is 5.69 Å². The molecule has 1 aromatic rings. The topological polar surface area (TPSA) is 55.4 Å². The van der Waals surface area contributed by atoms with Crippen molar-refractivity contribution in [3.63, 3.8) is 0 Å². The van der Waals surface area contributed by atoms with Gasteiger partial charge in [0, 0.05) is 10.7 Å². The van der Waals surface area contributed by atoms with E-state index in [4.69, 9.17) is 16.3 Å². The Labute approximate surface area is 129 Å². The zero-order valence-corrected chi connectivity index (χ0v) is 12.9. The highest BCUT2D eigenvalue weighted by molar-refractivity contribution is 6.30. The minimum Gasteiger partial charge on any atom is -0.452 e. The summed E-state index contributed by atoms with van der Waals surface area (Å²) in [5, 5.41) is 3.23. The van der Waals surface area contributed by atoms with E-state index in [0.717, 1.165) is 25.7 Å². The Balaban J connectivity index is 1.85. The molecule has 1 amide bonds. The van der Waals surface area contributed by atoms with Crippen molar-refractivity contribution in [3.05, 3.63) is 29.3 Å². The lowest BCUT2D eigenvalue weighted by atomic mass is 9.89. The predicted molar refractivity (Wildman–Crippen MR) is 82.2 cm³/mol. The fourth-order valence-electron chi connectivity index (χ4n) is 2.47. The largest absolute Gasteiger partial charge is 0.452 e. The van der Waals surface area contributed by atoms with Crippen molar-refractivity contribution in [1.29, 1.82) is 0 Å². The molecule has 0 aromatic heterocycles.